The number of anilines is 1. The summed E-state index contributed by atoms with van der Waals surface area (Å²) in [5, 5.41) is 0.500. The van der Waals surface area contributed by atoms with Crippen LogP contribution in [0.2, 0.25) is 0 Å². The molecule has 1 aromatic heterocycles. The lowest BCUT2D eigenvalue weighted by atomic mass is 10.2. The third-order valence-corrected chi connectivity index (χ3v) is 6.65. The van der Waals surface area contributed by atoms with E-state index in [2.05, 4.69) is 20.7 Å². The van der Waals surface area contributed by atoms with Crippen molar-refractivity contribution in [2.24, 2.45) is 0 Å². The van der Waals surface area contributed by atoms with Gasteiger partial charge in [-0.1, -0.05) is 34.1 Å². The zero-order chi connectivity index (χ0) is 18.0. The van der Waals surface area contributed by atoms with E-state index in [-0.39, 0.29) is 16.4 Å². The van der Waals surface area contributed by atoms with Crippen LogP contribution in [0.5, 0.6) is 0 Å². The molecule has 2 aromatic carbocycles. The number of carbonyl (C=O) groups is 1. The minimum absolute atomic E-state index is 0.0468. The first kappa shape index (κ1) is 17.9. The molecule has 0 atom stereocenters. The van der Waals surface area contributed by atoms with Crippen molar-refractivity contribution in [1.29, 1.82) is 0 Å². The van der Waals surface area contributed by atoms with E-state index in [0.29, 0.717) is 15.8 Å². The summed E-state index contributed by atoms with van der Waals surface area (Å²) < 4.78 is 35.0. The molecule has 1 N–H and O–H groups in total. The Labute approximate surface area is 157 Å². The molecule has 0 saturated heterocycles. The summed E-state index contributed by atoms with van der Waals surface area (Å²) in [7, 11) is -3.96. The van der Waals surface area contributed by atoms with Gasteiger partial charge in [-0.15, -0.1) is 11.3 Å². The van der Waals surface area contributed by atoms with Gasteiger partial charge in [0.15, 0.2) is 0 Å². The molecule has 130 valence electrons. The maximum atomic E-state index is 13.0. The number of halogens is 1. The number of thiophene rings is 1. The van der Waals surface area contributed by atoms with Gasteiger partial charge >= 0.3 is 5.97 Å². The number of hydrogen-bond acceptors (Lipinski definition) is 5. The molecule has 0 spiro atoms. The number of esters is 1. The smallest absolute Gasteiger partial charge is 0.349 e. The number of benzene rings is 2. The third kappa shape index (κ3) is 3.70. The van der Waals surface area contributed by atoms with Crippen molar-refractivity contribution in [2.45, 2.75) is 11.8 Å². The molecule has 3 aromatic rings. The van der Waals surface area contributed by atoms with Crippen molar-refractivity contribution in [3.8, 4) is 0 Å². The number of hydrogen-bond donors (Lipinski definition) is 1. The summed E-state index contributed by atoms with van der Waals surface area (Å²) in [6.45, 7) is 1.85. The topological polar surface area (TPSA) is 72.5 Å². The fourth-order valence-corrected chi connectivity index (χ4v) is 5.46. The Morgan fingerprint density at radius 2 is 1.84 bits per heavy atom. The monoisotopic (exact) mass is 439 g/mol. The Hall–Kier alpha value is -1.90. The van der Waals surface area contributed by atoms with E-state index in [1.165, 1.54) is 0 Å². The molecule has 8 heteroatoms. The van der Waals surface area contributed by atoms with E-state index in [0.717, 1.165) is 15.8 Å². The van der Waals surface area contributed by atoms with Crippen molar-refractivity contribution < 1.29 is 17.9 Å². The van der Waals surface area contributed by atoms with E-state index in [9.17, 15) is 13.2 Å². The van der Waals surface area contributed by atoms with Crippen molar-refractivity contribution in [2.75, 3.05) is 11.3 Å². The van der Waals surface area contributed by atoms with Crippen LogP contribution in [0.1, 0.15) is 16.6 Å². The first-order valence-corrected chi connectivity index (χ1v) is 10.5. The van der Waals surface area contributed by atoms with Crippen molar-refractivity contribution in [3.63, 3.8) is 0 Å². The zero-order valence-corrected chi connectivity index (χ0v) is 16.4. The van der Waals surface area contributed by atoms with E-state index >= 15 is 0 Å². The van der Waals surface area contributed by atoms with Crippen LogP contribution in [-0.2, 0) is 14.8 Å². The van der Waals surface area contributed by atoms with E-state index in [4.69, 9.17) is 4.74 Å². The molecule has 3 rings (SSSR count). The van der Waals surface area contributed by atoms with Gasteiger partial charge in [0.2, 0.25) is 0 Å². The first-order chi connectivity index (χ1) is 11.9. The molecular weight excluding hydrogens is 426 g/mol. The van der Waals surface area contributed by atoms with Crippen LogP contribution in [0, 0.1) is 0 Å². The quantitative estimate of drug-likeness (QED) is 0.587. The fraction of sp³-hybridized carbons (Fsp3) is 0.118. The Balaban J connectivity index is 2.13. The maximum absolute atomic E-state index is 13.0. The van der Waals surface area contributed by atoms with E-state index in [1.807, 2.05) is 0 Å². The molecule has 0 aliphatic rings. The second-order valence-corrected chi connectivity index (χ2v) is 8.68. The van der Waals surface area contributed by atoms with Crippen molar-refractivity contribution in [3.05, 3.63) is 57.9 Å². The highest BCUT2D eigenvalue weighted by Gasteiger charge is 2.29. The highest BCUT2D eigenvalue weighted by atomic mass is 79.9. The minimum atomic E-state index is -3.96. The lowest BCUT2D eigenvalue weighted by Gasteiger charge is -2.09. The van der Waals surface area contributed by atoms with Gasteiger partial charge < -0.3 is 4.74 Å². The van der Waals surface area contributed by atoms with Crippen LogP contribution < -0.4 is 4.72 Å². The van der Waals surface area contributed by atoms with Crippen LogP contribution in [0.25, 0.3) is 10.1 Å². The lowest BCUT2D eigenvalue weighted by molar-refractivity contribution is 0.0528. The summed E-state index contributed by atoms with van der Waals surface area (Å²) in [5.41, 5.74) is 0.410. The Morgan fingerprint density at radius 3 is 2.52 bits per heavy atom. The lowest BCUT2D eigenvalue weighted by Crippen LogP contribution is -2.16. The van der Waals surface area contributed by atoms with Crippen LogP contribution in [-0.4, -0.2) is 21.0 Å². The van der Waals surface area contributed by atoms with Crippen LogP contribution in [0.4, 0.5) is 5.69 Å². The molecule has 0 unspecified atom stereocenters. The van der Waals surface area contributed by atoms with Crippen molar-refractivity contribution in [1.82, 2.24) is 0 Å². The Bertz CT molecular complexity index is 1030. The predicted molar refractivity (Wildman–Crippen MR) is 103 cm³/mol. The summed E-state index contributed by atoms with van der Waals surface area (Å²) >= 11 is 4.42. The minimum Gasteiger partial charge on any atom is -0.462 e. The number of nitrogens with one attached hydrogen (secondary N) is 1. The van der Waals surface area contributed by atoms with Gasteiger partial charge in [-0.25, -0.2) is 13.2 Å². The number of ether oxygens (including phenoxy) is 1. The molecule has 5 nitrogen and oxygen atoms in total. The molecular formula is C17H14BrNO4S2. The standard InChI is InChI=1S/C17H14BrNO4S2/c1-2-23-17(20)15-16(13-5-3-4-6-14(13)24-15)25(21,22)19-12-9-7-11(18)8-10-12/h3-10,19H,2H2,1H3. The highest BCUT2D eigenvalue weighted by molar-refractivity contribution is 9.10. The molecule has 0 radical (unpaired) electrons. The maximum Gasteiger partial charge on any atom is 0.349 e. The van der Waals surface area contributed by atoms with Crippen LogP contribution in [0.3, 0.4) is 0 Å². The summed E-state index contributed by atoms with van der Waals surface area (Å²) in [5.74, 6) is -0.639. The Kier molecular flexibility index (Phi) is 5.12. The largest absolute Gasteiger partial charge is 0.462 e. The van der Waals surface area contributed by atoms with E-state index in [1.54, 1.807) is 55.5 Å². The van der Waals surface area contributed by atoms with Crippen LogP contribution >= 0.6 is 27.3 Å². The SMILES string of the molecule is CCOC(=O)c1sc2ccccc2c1S(=O)(=O)Nc1ccc(Br)cc1. The summed E-state index contributed by atoms with van der Waals surface area (Å²) in [4.78, 5) is 12.3. The van der Waals surface area contributed by atoms with Gasteiger partial charge in [0.1, 0.15) is 9.77 Å². The molecule has 0 bridgehead atoms. The molecule has 1 heterocycles. The summed E-state index contributed by atoms with van der Waals surface area (Å²) in [6.07, 6.45) is 0. The molecule has 0 saturated carbocycles. The molecule has 25 heavy (non-hydrogen) atoms. The molecule has 0 fully saturated rings. The molecule has 0 amide bonds. The van der Waals surface area contributed by atoms with Gasteiger partial charge in [-0.2, -0.15) is 0 Å². The predicted octanol–water partition coefficient (Wildman–Crippen LogP) is 4.64. The normalized spacial score (nSPS) is 11.4. The van der Waals surface area contributed by atoms with Gasteiger partial charge in [0.05, 0.1) is 6.61 Å². The average molecular weight is 440 g/mol. The number of fused-ring (bicyclic) bond motifs is 1. The van der Waals surface area contributed by atoms with E-state index < -0.39 is 16.0 Å². The second-order valence-electron chi connectivity index (χ2n) is 5.09. The highest BCUT2D eigenvalue weighted by Crippen LogP contribution is 2.36. The van der Waals surface area contributed by atoms with Gasteiger partial charge in [0, 0.05) is 20.2 Å². The van der Waals surface area contributed by atoms with Crippen molar-refractivity contribution >= 4 is 59.0 Å². The molecule has 0 aliphatic carbocycles. The first-order valence-electron chi connectivity index (χ1n) is 7.39. The third-order valence-electron chi connectivity index (χ3n) is 3.38. The van der Waals surface area contributed by atoms with Gasteiger partial charge in [-0.05, 0) is 37.3 Å². The molecule has 0 aliphatic heterocycles. The summed E-state index contributed by atoms with van der Waals surface area (Å²) in [6, 6.07) is 13.7. The van der Waals surface area contributed by atoms with Gasteiger partial charge in [-0.3, -0.25) is 4.72 Å². The fourth-order valence-electron chi connectivity index (χ4n) is 2.34. The zero-order valence-electron chi connectivity index (χ0n) is 13.2. The van der Waals surface area contributed by atoms with Crippen LogP contribution in [0.15, 0.2) is 57.9 Å². The number of rotatable bonds is 5. The number of sulfonamides is 1. The second kappa shape index (κ2) is 7.15. The Morgan fingerprint density at radius 1 is 1.16 bits per heavy atom. The van der Waals surface area contributed by atoms with Gasteiger partial charge in [0.25, 0.3) is 10.0 Å². The number of carbonyl (C=O) groups excluding carboxylic acids is 1. The average Bonchev–Trinajstić information content (AvgIpc) is 2.97.